The molecule has 0 fully saturated rings. The van der Waals surface area contributed by atoms with E-state index in [0.29, 0.717) is 5.56 Å². The topological polar surface area (TPSA) is 30.2 Å². The molecule has 0 radical (unpaired) electrons. The molecule has 0 aliphatic rings. The SMILES string of the molecule is CCC(=O)c1ccc(-c2c(F)ccc(C)c2F)o1. The summed E-state index contributed by atoms with van der Waals surface area (Å²) < 4.78 is 32.7. The first-order chi connectivity index (χ1) is 8.54. The van der Waals surface area contributed by atoms with Gasteiger partial charge < -0.3 is 4.42 Å². The van der Waals surface area contributed by atoms with E-state index in [1.54, 1.807) is 13.8 Å². The lowest BCUT2D eigenvalue weighted by Crippen LogP contribution is -1.94. The fraction of sp³-hybridized carbons (Fsp3) is 0.214. The summed E-state index contributed by atoms with van der Waals surface area (Å²) in [5.74, 6) is -1.42. The summed E-state index contributed by atoms with van der Waals surface area (Å²) in [6, 6.07) is 5.37. The largest absolute Gasteiger partial charge is 0.453 e. The van der Waals surface area contributed by atoms with E-state index in [2.05, 4.69) is 0 Å². The first kappa shape index (κ1) is 12.5. The molecule has 1 heterocycles. The minimum atomic E-state index is -0.706. The van der Waals surface area contributed by atoms with Gasteiger partial charge in [-0.2, -0.15) is 0 Å². The fourth-order valence-electron chi connectivity index (χ4n) is 1.68. The first-order valence-electron chi connectivity index (χ1n) is 5.62. The van der Waals surface area contributed by atoms with E-state index in [1.807, 2.05) is 0 Å². The van der Waals surface area contributed by atoms with Gasteiger partial charge >= 0.3 is 0 Å². The molecule has 4 heteroatoms. The zero-order chi connectivity index (χ0) is 13.3. The highest BCUT2D eigenvalue weighted by Crippen LogP contribution is 2.29. The van der Waals surface area contributed by atoms with Crippen LogP contribution in [0.2, 0.25) is 0 Å². The lowest BCUT2D eigenvalue weighted by Gasteiger charge is -2.04. The highest BCUT2D eigenvalue weighted by molar-refractivity contribution is 5.93. The first-order valence-corrected chi connectivity index (χ1v) is 5.62. The van der Waals surface area contributed by atoms with Crippen LogP contribution in [0.25, 0.3) is 11.3 Å². The monoisotopic (exact) mass is 250 g/mol. The van der Waals surface area contributed by atoms with Crippen molar-refractivity contribution < 1.29 is 18.0 Å². The van der Waals surface area contributed by atoms with Crippen LogP contribution in [-0.2, 0) is 0 Å². The number of aryl methyl sites for hydroxylation is 1. The molecule has 18 heavy (non-hydrogen) atoms. The second-order valence-corrected chi connectivity index (χ2v) is 3.99. The molecule has 0 unspecified atom stereocenters. The van der Waals surface area contributed by atoms with E-state index in [-0.39, 0.29) is 29.3 Å². The normalized spacial score (nSPS) is 10.7. The van der Waals surface area contributed by atoms with Crippen LogP contribution < -0.4 is 0 Å². The summed E-state index contributed by atoms with van der Waals surface area (Å²) in [4.78, 5) is 11.4. The van der Waals surface area contributed by atoms with Crippen molar-refractivity contribution in [2.24, 2.45) is 0 Å². The van der Waals surface area contributed by atoms with Crippen LogP contribution in [0.5, 0.6) is 0 Å². The van der Waals surface area contributed by atoms with E-state index >= 15 is 0 Å². The smallest absolute Gasteiger partial charge is 0.197 e. The molecule has 2 aromatic rings. The number of rotatable bonds is 3. The molecule has 0 spiro atoms. The third kappa shape index (κ3) is 2.06. The second kappa shape index (κ2) is 4.72. The highest BCUT2D eigenvalue weighted by atomic mass is 19.1. The number of ketones is 1. The van der Waals surface area contributed by atoms with E-state index in [4.69, 9.17) is 4.42 Å². The average molecular weight is 250 g/mol. The number of carbonyl (C=O) groups is 1. The molecule has 1 aromatic carbocycles. The van der Waals surface area contributed by atoms with Gasteiger partial charge in [0.2, 0.25) is 0 Å². The summed E-state index contributed by atoms with van der Waals surface area (Å²) in [5, 5.41) is 0. The average Bonchev–Trinajstić information content (AvgIpc) is 2.83. The second-order valence-electron chi connectivity index (χ2n) is 3.99. The van der Waals surface area contributed by atoms with E-state index in [0.717, 1.165) is 0 Å². The number of furan rings is 1. The third-order valence-corrected chi connectivity index (χ3v) is 2.73. The summed E-state index contributed by atoms with van der Waals surface area (Å²) in [6.07, 6.45) is 0.283. The number of carbonyl (C=O) groups excluding carboxylic acids is 1. The Hall–Kier alpha value is -1.97. The van der Waals surface area contributed by atoms with Crippen molar-refractivity contribution in [2.75, 3.05) is 0 Å². The van der Waals surface area contributed by atoms with Crippen molar-refractivity contribution in [3.63, 3.8) is 0 Å². The van der Waals surface area contributed by atoms with Crippen LogP contribution in [0.3, 0.4) is 0 Å². The molecule has 0 saturated carbocycles. The minimum Gasteiger partial charge on any atom is -0.453 e. The summed E-state index contributed by atoms with van der Waals surface area (Å²) in [5.41, 5.74) is 0.0938. The van der Waals surface area contributed by atoms with Gasteiger partial charge in [-0.25, -0.2) is 8.78 Å². The Bertz CT molecular complexity index is 600. The van der Waals surface area contributed by atoms with Crippen molar-refractivity contribution in [3.05, 3.63) is 47.2 Å². The van der Waals surface area contributed by atoms with E-state index in [9.17, 15) is 13.6 Å². The Morgan fingerprint density at radius 3 is 2.61 bits per heavy atom. The van der Waals surface area contributed by atoms with Crippen LogP contribution in [0.1, 0.15) is 29.5 Å². The zero-order valence-electron chi connectivity index (χ0n) is 10.1. The molecule has 0 aliphatic carbocycles. The van der Waals surface area contributed by atoms with Crippen LogP contribution >= 0.6 is 0 Å². The molecule has 0 saturated heterocycles. The highest BCUT2D eigenvalue weighted by Gasteiger charge is 2.18. The number of benzene rings is 1. The summed E-state index contributed by atoms with van der Waals surface area (Å²) >= 11 is 0. The van der Waals surface area contributed by atoms with Crippen molar-refractivity contribution in [3.8, 4) is 11.3 Å². The van der Waals surface area contributed by atoms with Crippen LogP contribution in [-0.4, -0.2) is 5.78 Å². The van der Waals surface area contributed by atoms with Gasteiger partial charge in [-0.3, -0.25) is 4.79 Å². The van der Waals surface area contributed by atoms with Crippen LogP contribution in [0.15, 0.2) is 28.7 Å². The zero-order valence-corrected chi connectivity index (χ0v) is 10.1. The molecule has 0 amide bonds. The number of halogens is 2. The van der Waals surface area contributed by atoms with E-state index in [1.165, 1.54) is 24.3 Å². The Kier molecular flexibility index (Phi) is 3.28. The predicted octanol–water partition coefficient (Wildman–Crippen LogP) is 4.13. The number of hydrogen-bond acceptors (Lipinski definition) is 2. The van der Waals surface area contributed by atoms with Crippen molar-refractivity contribution in [1.29, 1.82) is 0 Å². The molecule has 2 nitrogen and oxygen atoms in total. The van der Waals surface area contributed by atoms with Crippen molar-refractivity contribution in [1.82, 2.24) is 0 Å². The fourth-order valence-corrected chi connectivity index (χ4v) is 1.68. The predicted molar refractivity (Wildman–Crippen MR) is 63.4 cm³/mol. The molecule has 0 aliphatic heterocycles. The molecular weight excluding hydrogens is 238 g/mol. The number of hydrogen-bond donors (Lipinski definition) is 0. The van der Waals surface area contributed by atoms with Crippen LogP contribution in [0.4, 0.5) is 8.78 Å². The Morgan fingerprint density at radius 2 is 1.94 bits per heavy atom. The molecule has 0 bridgehead atoms. The van der Waals surface area contributed by atoms with Crippen LogP contribution in [0, 0.1) is 18.6 Å². The molecular formula is C14H12F2O2. The maximum absolute atomic E-state index is 13.9. The molecule has 2 rings (SSSR count). The van der Waals surface area contributed by atoms with Gasteiger partial charge in [0.05, 0.1) is 5.56 Å². The van der Waals surface area contributed by atoms with Gasteiger partial charge in [0.25, 0.3) is 0 Å². The van der Waals surface area contributed by atoms with Crippen molar-refractivity contribution in [2.45, 2.75) is 20.3 Å². The molecule has 94 valence electrons. The van der Waals surface area contributed by atoms with Gasteiger partial charge in [0, 0.05) is 6.42 Å². The molecule has 0 atom stereocenters. The van der Waals surface area contributed by atoms with Gasteiger partial charge in [-0.15, -0.1) is 0 Å². The van der Waals surface area contributed by atoms with Gasteiger partial charge in [0.1, 0.15) is 17.4 Å². The summed E-state index contributed by atoms with van der Waals surface area (Å²) in [6.45, 7) is 3.23. The molecule has 0 N–H and O–H groups in total. The maximum Gasteiger partial charge on any atom is 0.197 e. The van der Waals surface area contributed by atoms with Gasteiger partial charge in [-0.05, 0) is 30.7 Å². The van der Waals surface area contributed by atoms with Gasteiger partial charge in [0.15, 0.2) is 11.5 Å². The Morgan fingerprint density at radius 1 is 1.22 bits per heavy atom. The molecule has 1 aromatic heterocycles. The summed E-state index contributed by atoms with van der Waals surface area (Å²) in [7, 11) is 0. The Balaban J connectivity index is 2.53. The minimum absolute atomic E-state index is 0.0329. The third-order valence-electron chi connectivity index (χ3n) is 2.73. The number of Topliss-reactive ketones (excluding diaryl/α,β-unsaturated/α-hetero) is 1. The maximum atomic E-state index is 13.9. The lowest BCUT2D eigenvalue weighted by atomic mass is 10.1. The lowest BCUT2D eigenvalue weighted by molar-refractivity contribution is 0.0962. The van der Waals surface area contributed by atoms with Gasteiger partial charge in [-0.1, -0.05) is 13.0 Å². The Labute approximate surface area is 103 Å². The standard InChI is InChI=1S/C14H12F2O2/c1-3-10(17)11-6-7-12(18-11)13-9(15)5-4-8(2)14(13)16/h4-7H,3H2,1-2H3. The van der Waals surface area contributed by atoms with E-state index < -0.39 is 11.6 Å². The van der Waals surface area contributed by atoms with Crippen molar-refractivity contribution >= 4 is 5.78 Å². The quantitative estimate of drug-likeness (QED) is 0.767.